The SMILES string of the molecule is NC(=O)c1cc(NC2=NCC(F)CN2)c2c(F)nn(C(C(N)=O)[C@@H](CC(=O)OC(=O)C(F)(F)F)c3cc(Cl)cc(C(F)(F)F)c3)c2c1. The second-order valence-corrected chi connectivity index (χ2v) is 10.4. The third-order valence-electron chi connectivity index (χ3n) is 6.68. The van der Waals surface area contributed by atoms with E-state index in [0.717, 1.165) is 18.2 Å². The normalized spacial score (nSPS) is 16.5. The molecule has 0 fully saturated rings. The van der Waals surface area contributed by atoms with Crippen molar-refractivity contribution < 1.29 is 59.0 Å². The van der Waals surface area contributed by atoms with Crippen molar-refractivity contribution in [2.45, 2.75) is 36.9 Å². The van der Waals surface area contributed by atoms with Gasteiger partial charge in [-0.1, -0.05) is 11.6 Å². The molecule has 1 aromatic heterocycles. The molecule has 47 heavy (non-hydrogen) atoms. The summed E-state index contributed by atoms with van der Waals surface area (Å²) in [4.78, 5) is 52.9. The van der Waals surface area contributed by atoms with E-state index in [-0.39, 0.29) is 30.3 Å². The Kier molecular flexibility index (Phi) is 9.65. The average Bonchev–Trinajstić information content (AvgIpc) is 3.28. The number of carbonyl (C=O) groups excluding carboxylic acids is 4. The first kappa shape index (κ1) is 34.9. The number of primary amides is 2. The van der Waals surface area contributed by atoms with Crippen LogP contribution in [0.3, 0.4) is 0 Å². The van der Waals surface area contributed by atoms with E-state index in [0.29, 0.717) is 16.8 Å². The average molecular weight is 698 g/mol. The van der Waals surface area contributed by atoms with Gasteiger partial charge in [0.25, 0.3) is 0 Å². The first-order chi connectivity index (χ1) is 21.8. The van der Waals surface area contributed by atoms with Crippen LogP contribution in [0.15, 0.2) is 35.3 Å². The number of anilines is 1. The number of guanidine groups is 1. The molecular formula is C26H20ClF8N7O5. The largest absolute Gasteiger partial charge is 0.491 e. The number of rotatable bonds is 8. The number of carbonyl (C=O) groups is 4. The van der Waals surface area contributed by atoms with Crippen LogP contribution in [0.4, 0.5) is 40.8 Å². The van der Waals surface area contributed by atoms with Crippen LogP contribution in [-0.2, 0) is 25.3 Å². The van der Waals surface area contributed by atoms with Gasteiger partial charge in [0.05, 0.1) is 41.7 Å². The standard InChI is InChI=1S/C26H20ClF8N7O5/c27-12-2-9(1-11(5-12)25(30,31)32)14(6-17(43)47-23(46)26(33,34)35)19(22(37)45)42-16-4-10(21(36)44)3-15(18(16)20(29)41-42)40-24-38-7-13(28)8-39-24/h1-5,13-14,19H,6-8H2,(H2,36,44)(H2,37,45)(H2,38,39,40)/t14-,19?/m0/s1. The van der Waals surface area contributed by atoms with Gasteiger partial charge in [0.15, 0.2) is 5.96 Å². The molecule has 2 aromatic carbocycles. The number of esters is 2. The topological polar surface area (TPSA) is 184 Å². The van der Waals surface area contributed by atoms with Crippen LogP contribution in [0, 0.1) is 5.95 Å². The first-order valence-corrected chi connectivity index (χ1v) is 13.3. The van der Waals surface area contributed by atoms with Crippen molar-refractivity contribution in [1.82, 2.24) is 15.1 Å². The summed E-state index contributed by atoms with van der Waals surface area (Å²) in [6, 6.07) is 1.38. The van der Waals surface area contributed by atoms with Gasteiger partial charge in [-0.15, -0.1) is 5.10 Å². The number of benzene rings is 2. The van der Waals surface area contributed by atoms with E-state index in [1.165, 1.54) is 0 Å². The minimum atomic E-state index is -5.66. The summed E-state index contributed by atoms with van der Waals surface area (Å²) in [6.07, 6.45) is -13.5. The molecule has 0 saturated heterocycles. The number of fused-ring (bicyclic) bond motifs is 1. The van der Waals surface area contributed by atoms with Crippen molar-refractivity contribution >= 4 is 57.9 Å². The van der Waals surface area contributed by atoms with Gasteiger partial charge < -0.3 is 26.8 Å². The number of halogens is 9. The highest BCUT2D eigenvalue weighted by molar-refractivity contribution is 6.30. The second-order valence-electron chi connectivity index (χ2n) is 10.00. The molecule has 252 valence electrons. The van der Waals surface area contributed by atoms with Crippen molar-refractivity contribution in [3.8, 4) is 0 Å². The molecular weight excluding hydrogens is 678 g/mol. The minimum absolute atomic E-state index is 0.0889. The van der Waals surface area contributed by atoms with Crippen LogP contribution in [0.2, 0.25) is 5.02 Å². The second kappa shape index (κ2) is 13.0. The summed E-state index contributed by atoms with van der Waals surface area (Å²) in [5.74, 6) is -11.1. The molecule has 2 heterocycles. The zero-order valence-electron chi connectivity index (χ0n) is 23.2. The van der Waals surface area contributed by atoms with E-state index in [9.17, 15) is 49.9 Å². The van der Waals surface area contributed by atoms with Gasteiger partial charge in [-0.3, -0.25) is 14.4 Å². The van der Waals surface area contributed by atoms with Crippen LogP contribution in [0.25, 0.3) is 10.9 Å². The number of alkyl halides is 7. The van der Waals surface area contributed by atoms with E-state index in [2.05, 4.69) is 25.5 Å². The Morgan fingerprint density at radius 2 is 1.77 bits per heavy atom. The van der Waals surface area contributed by atoms with E-state index in [4.69, 9.17) is 23.1 Å². The maximum atomic E-state index is 15.6. The lowest BCUT2D eigenvalue weighted by Crippen LogP contribution is -2.41. The number of nitrogens with zero attached hydrogens (tertiary/aromatic N) is 3. The van der Waals surface area contributed by atoms with Crippen molar-refractivity contribution in [1.29, 1.82) is 0 Å². The monoisotopic (exact) mass is 697 g/mol. The fourth-order valence-electron chi connectivity index (χ4n) is 4.68. The van der Waals surface area contributed by atoms with E-state index in [1.807, 2.05) is 0 Å². The van der Waals surface area contributed by atoms with Crippen molar-refractivity contribution in [2.24, 2.45) is 16.5 Å². The van der Waals surface area contributed by atoms with Gasteiger partial charge in [-0.2, -0.15) is 30.7 Å². The number of nitrogens with one attached hydrogen (secondary N) is 2. The molecule has 21 heteroatoms. The van der Waals surface area contributed by atoms with Gasteiger partial charge in [0.2, 0.25) is 17.8 Å². The van der Waals surface area contributed by atoms with Crippen molar-refractivity contribution in [3.05, 3.63) is 58.0 Å². The Bertz CT molecular complexity index is 1790. The number of nitrogens with two attached hydrogens (primary N) is 2. The third-order valence-corrected chi connectivity index (χ3v) is 6.90. The quantitative estimate of drug-likeness (QED) is 0.157. The molecule has 2 amide bonds. The summed E-state index contributed by atoms with van der Waals surface area (Å²) in [5.41, 5.74) is 7.79. The fraction of sp³-hybridized carbons (Fsp3) is 0.308. The molecule has 0 spiro atoms. The fourth-order valence-corrected chi connectivity index (χ4v) is 4.92. The Morgan fingerprint density at radius 3 is 2.32 bits per heavy atom. The van der Waals surface area contributed by atoms with E-state index < -0.39 is 93.7 Å². The van der Waals surface area contributed by atoms with Gasteiger partial charge in [-0.05, 0) is 35.9 Å². The number of ether oxygens (including phenoxy) is 1. The molecule has 4 rings (SSSR count). The molecule has 3 aromatic rings. The van der Waals surface area contributed by atoms with Crippen LogP contribution >= 0.6 is 11.6 Å². The summed E-state index contributed by atoms with van der Waals surface area (Å²) in [7, 11) is 0. The molecule has 0 saturated carbocycles. The van der Waals surface area contributed by atoms with Crippen LogP contribution < -0.4 is 22.1 Å². The molecule has 1 aliphatic heterocycles. The summed E-state index contributed by atoms with van der Waals surface area (Å²) in [5, 5.41) is 7.68. The number of hydrogen-bond donors (Lipinski definition) is 4. The van der Waals surface area contributed by atoms with Crippen LogP contribution in [0.1, 0.15) is 39.9 Å². The summed E-state index contributed by atoms with van der Waals surface area (Å²) < 4.78 is 113. The summed E-state index contributed by atoms with van der Waals surface area (Å²) in [6.45, 7) is -0.502. The first-order valence-electron chi connectivity index (χ1n) is 13.0. The highest BCUT2D eigenvalue weighted by Gasteiger charge is 2.44. The number of amides is 2. The molecule has 6 N–H and O–H groups in total. The highest BCUT2D eigenvalue weighted by atomic mass is 35.5. The zero-order valence-corrected chi connectivity index (χ0v) is 23.9. The van der Waals surface area contributed by atoms with Crippen LogP contribution in [0.5, 0.6) is 0 Å². The Balaban J connectivity index is 1.94. The number of aromatic nitrogens is 2. The Labute approximate surface area is 262 Å². The maximum absolute atomic E-state index is 15.6. The Morgan fingerprint density at radius 1 is 1.09 bits per heavy atom. The lowest BCUT2D eigenvalue weighted by molar-refractivity contribution is -0.202. The number of aliphatic imine (C=N–C) groups is 1. The predicted molar refractivity (Wildman–Crippen MR) is 146 cm³/mol. The molecule has 2 unspecified atom stereocenters. The molecule has 3 atom stereocenters. The Hall–Kier alpha value is -5.01. The molecule has 12 nitrogen and oxygen atoms in total. The molecule has 0 radical (unpaired) electrons. The lowest BCUT2D eigenvalue weighted by atomic mass is 9.87. The summed E-state index contributed by atoms with van der Waals surface area (Å²) >= 11 is 5.87. The van der Waals surface area contributed by atoms with Gasteiger partial charge in [0.1, 0.15) is 12.2 Å². The zero-order chi connectivity index (χ0) is 35.0. The third kappa shape index (κ3) is 7.87. The van der Waals surface area contributed by atoms with Gasteiger partial charge >= 0.3 is 24.3 Å². The van der Waals surface area contributed by atoms with E-state index >= 15 is 4.39 Å². The van der Waals surface area contributed by atoms with Crippen molar-refractivity contribution in [3.63, 3.8) is 0 Å². The molecule has 0 aliphatic carbocycles. The lowest BCUT2D eigenvalue weighted by Gasteiger charge is -2.26. The minimum Gasteiger partial charge on any atom is -0.386 e. The maximum Gasteiger partial charge on any atom is 0.491 e. The predicted octanol–water partition coefficient (Wildman–Crippen LogP) is 3.49. The van der Waals surface area contributed by atoms with Crippen molar-refractivity contribution in [2.75, 3.05) is 18.4 Å². The van der Waals surface area contributed by atoms with Crippen LogP contribution in [-0.4, -0.2) is 64.9 Å². The smallest absolute Gasteiger partial charge is 0.386 e. The molecule has 1 aliphatic rings. The van der Waals surface area contributed by atoms with Gasteiger partial charge in [0, 0.05) is 16.5 Å². The van der Waals surface area contributed by atoms with Gasteiger partial charge in [-0.25, -0.2) is 18.9 Å². The van der Waals surface area contributed by atoms with E-state index in [1.54, 1.807) is 0 Å². The molecule has 0 bridgehead atoms. The highest BCUT2D eigenvalue weighted by Crippen LogP contribution is 2.40. The number of hydrogen-bond acceptors (Lipinski definition) is 9.